The number of aldehydes is 1. The standard InChI is InChI=1S/C21H42O3/c1-3-5-6-7-8-9-10-11-12-13-14-15-16-17-19(4-2)21(24)20(23)18-22/h18-21,23-24H,3-17H2,1-2H3. The average Bonchev–Trinajstić information content (AvgIpc) is 2.61. The molecule has 0 bridgehead atoms. The van der Waals surface area contributed by atoms with Crippen molar-refractivity contribution in [2.24, 2.45) is 5.92 Å². The summed E-state index contributed by atoms with van der Waals surface area (Å²) < 4.78 is 0. The van der Waals surface area contributed by atoms with Crippen molar-refractivity contribution >= 4 is 6.29 Å². The number of aliphatic hydroxyl groups excluding tert-OH is 2. The van der Waals surface area contributed by atoms with Crippen LogP contribution in [0, 0.1) is 5.92 Å². The van der Waals surface area contributed by atoms with Gasteiger partial charge in [0.25, 0.3) is 0 Å². The minimum absolute atomic E-state index is 0.0397. The lowest BCUT2D eigenvalue weighted by Gasteiger charge is -2.23. The minimum Gasteiger partial charge on any atom is -0.390 e. The zero-order valence-electron chi connectivity index (χ0n) is 16.2. The first-order valence-electron chi connectivity index (χ1n) is 10.5. The number of hydrogen-bond donors (Lipinski definition) is 2. The van der Waals surface area contributed by atoms with E-state index in [0.29, 0.717) is 6.29 Å². The van der Waals surface area contributed by atoms with E-state index in [0.717, 1.165) is 19.3 Å². The molecule has 3 atom stereocenters. The van der Waals surface area contributed by atoms with Gasteiger partial charge in [0.2, 0.25) is 0 Å². The molecular formula is C21H42O3. The Labute approximate surface area is 150 Å². The van der Waals surface area contributed by atoms with E-state index in [1.54, 1.807) is 0 Å². The van der Waals surface area contributed by atoms with Crippen molar-refractivity contribution in [1.29, 1.82) is 0 Å². The molecule has 0 spiro atoms. The maximum Gasteiger partial charge on any atom is 0.151 e. The van der Waals surface area contributed by atoms with Crippen LogP contribution in [0.25, 0.3) is 0 Å². The Morgan fingerprint density at radius 3 is 1.50 bits per heavy atom. The summed E-state index contributed by atoms with van der Waals surface area (Å²) in [6.07, 6.45) is 17.3. The lowest BCUT2D eigenvalue weighted by atomic mass is 9.90. The fraction of sp³-hybridized carbons (Fsp3) is 0.952. The third-order valence-corrected chi connectivity index (χ3v) is 5.18. The van der Waals surface area contributed by atoms with E-state index in [1.165, 1.54) is 77.0 Å². The van der Waals surface area contributed by atoms with E-state index in [1.807, 2.05) is 6.92 Å². The first kappa shape index (κ1) is 23.6. The number of carbonyl (C=O) groups excluding carboxylic acids is 1. The summed E-state index contributed by atoms with van der Waals surface area (Å²) in [5.41, 5.74) is 0. The van der Waals surface area contributed by atoms with Gasteiger partial charge in [0.05, 0.1) is 6.10 Å². The molecule has 0 amide bonds. The third kappa shape index (κ3) is 12.9. The summed E-state index contributed by atoms with van der Waals surface area (Å²) in [5.74, 6) is 0.0397. The molecule has 3 heteroatoms. The Hall–Kier alpha value is -0.410. The molecule has 0 aliphatic rings. The van der Waals surface area contributed by atoms with Gasteiger partial charge < -0.3 is 15.0 Å². The zero-order chi connectivity index (χ0) is 18.0. The molecule has 0 radical (unpaired) electrons. The number of hydrogen-bond acceptors (Lipinski definition) is 3. The van der Waals surface area contributed by atoms with Crippen molar-refractivity contribution in [3.8, 4) is 0 Å². The summed E-state index contributed by atoms with van der Waals surface area (Å²) in [5, 5.41) is 19.3. The molecule has 0 saturated carbocycles. The van der Waals surface area contributed by atoms with Crippen molar-refractivity contribution in [2.75, 3.05) is 0 Å². The van der Waals surface area contributed by atoms with Gasteiger partial charge in [-0.15, -0.1) is 0 Å². The van der Waals surface area contributed by atoms with Crippen molar-refractivity contribution < 1.29 is 15.0 Å². The second kappa shape index (κ2) is 17.4. The zero-order valence-corrected chi connectivity index (χ0v) is 16.2. The van der Waals surface area contributed by atoms with E-state index >= 15 is 0 Å². The van der Waals surface area contributed by atoms with E-state index in [4.69, 9.17) is 0 Å². The Morgan fingerprint density at radius 1 is 0.708 bits per heavy atom. The van der Waals surface area contributed by atoms with E-state index < -0.39 is 12.2 Å². The van der Waals surface area contributed by atoms with Crippen LogP contribution in [0.1, 0.15) is 110 Å². The Balaban J connectivity index is 3.39. The molecule has 3 nitrogen and oxygen atoms in total. The molecule has 0 rings (SSSR count). The van der Waals surface area contributed by atoms with E-state index in [9.17, 15) is 15.0 Å². The van der Waals surface area contributed by atoms with Crippen molar-refractivity contribution in [1.82, 2.24) is 0 Å². The highest BCUT2D eigenvalue weighted by Gasteiger charge is 2.23. The highest BCUT2D eigenvalue weighted by molar-refractivity contribution is 5.56. The first-order chi connectivity index (χ1) is 11.7. The summed E-state index contributed by atoms with van der Waals surface area (Å²) in [6.45, 7) is 4.27. The van der Waals surface area contributed by atoms with Crippen LogP contribution in [0.3, 0.4) is 0 Å². The van der Waals surface area contributed by atoms with Crippen molar-refractivity contribution in [3.05, 3.63) is 0 Å². The number of carbonyl (C=O) groups is 1. The molecule has 0 fully saturated rings. The maximum absolute atomic E-state index is 10.5. The summed E-state index contributed by atoms with van der Waals surface area (Å²) in [7, 11) is 0. The van der Waals surface area contributed by atoms with E-state index in [2.05, 4.69) is 6.92 Å². The normalized spacial score (nSPS) is 15.2. The van der Waals surface area contributed by atoms with Gasteiger partial charge in [-0.1, -0.05) is 104 Å². The Bertz CT molecular complexity index is 268. The molecular weight excluding hydrogens is 300 g/mol. The van der Waals surface area contributed by atoms with Gasteiger partial charge in [-0.05, 0) is 12.3 Å². The third-order valence-electron chi connectivity index (χ3n) is 5.18. The average molecular weight is 343 g/mol. The van der Waals surface area contributed by atoms with Gasteiger partial charge in [0, 0.05) is 0 Å². The summed E-state index contributed by atoms with van der Waals surface area (Å²) in [6, 6.07) is 0. The number of rotatable bonds is 18. The summed E-state index contributed by atoms with van der Waals surface area (Å²) >= 11 is 0. The molecule has 2 N–H and O–H groups in total. The van der Waals surface area contributed by atoms with Crippen LogP contribution in [-0.4, -0.2) is 28.7 Å². The molecule has 0 aromatic heterocycles. The second-order valence-corrected chi connectivity index (χ2v) is 7.32. The predicted molar refractivity (Wildman–Crippen MR) is 102 cm³/mol. The molecule has 0 aromatic carbocycles. The maximum atomic E-state index is 10.5. The highest BCUT2D eigenvalue weighted by atomic mass is 16.3. The monoisotopic (exact) mass is 342 g/mol. The van der Waals surface area contributed by atoms with Crippen molar-refractivity contribution in [3.63, 3.8) is 0 Å². The second-order valence-electron chi connectivity index (χ2n) is 7.32. The Kier molecular flexibility index (Phi) is 17.1. The van der Waals surface area contributed by atoms with E-state index in [-0.39, 0.29) is 5.92 Å². The van der Waals surface area contributed by atoms with Crippen molar-refractivity contribution in [2.45, 2.75) is 122 Å². The molecule has 0 aromatic rings. The first-order valence-corrected chi connectivity index (χ1v) is 10.5. The SMILES string of the molecule is CCCCCCCCCCCCCCCC(CC)C(O)C(O)C=O. The van der Waals surface area contributed by atoms with Crippen LogP contribution in [0.15, 0.2) is 0 Å². The van der Waals surface area contributed by atoms with Crippen LogP contribution in [0.2, 0.25) is 0 Å². The topological polar surface area (TPSA) is 57.5 Å². The van der Waals surface area contributed by atoms with Gasteiger partial charge in [-0.3, -0.25) is 0 Å². The fourth-order valence-electron chi connectivity index (χ4n) is 3.40. The number of aliphatic hydroxyl groups is 2. The molecule has 0 aliphatic carbocycles. The van der Waals surface area contributed by atoms with Gasteiger partial charge in [-0.2, -0.15) is 0 Å². The minimum atomic E-state index is -1.23. The summed E-state index contributed by atoms with van der Waals surface area (Å²) in [4.78, 5) is 10.5. The van der Waals surface area contributed by atoms with Gasteiger partial charge in [0.1, 0.15) is 6.10 Å². The highest BCUT2D eigenvalue weighted by Crippen LogP contribution is 2.20. The number of unbranched alkanes of at least 4 members (excludes halogenated alkanes) is 12. The van der Waals surface area contributed by atoms with Crippen LogP contribution < -0.4 is 0 Å². The van der Waals surface area contributed by atoms with Crippen LogP contribution in [0.5, 0.6) is 0 Å². The fourth-order valence-corrected chi connectivity index (χ4v) is 3.40. The van der Waals surface area contributed by atoms with Gasteiger partial charge in [0.15, 0.2) is 6.29 Å². The molecule has 0 aliphatic heterocycles. The van der Waals surface area contributed by atoms with Gasteiger partial charge >= 0.3 is 0 Å². The Morgan fingerprint density at radius 2 is 1.12 bits per heavy atom. The largest absolute Gasteiger partial charge is 0.390 e. The van der Waals surface area contributed by atoms with Crippen LogP contribution >= 0.6 is 0 Å². The predicted octanol–water partition coefficient (Wildman–Crippen LogP) is 5.41. The lowest BCUT2D eigenvalue weighted by Crippen LogP contribution is -2.34. The van der Waals surface area contributed by atoms with Crippen LogP contribution in [-0.2, 0) is 4.79 Å². The quantitative estimate of drug-likeness (QED) is 0.258. The lowest BCUT2D eigenvalue weighted by molar-refractivity contribution is -0.122. The molecule has 0 heterocycles. The molecule has 0 saturated heterocycles. The molecule has 24 heavy (non-hydrogen) atoms. The smallest absolute Gasteiger partial charge is 0.151 e. The molecule has 144 valence electrons. The van der Waals surface area contributed by atoms with Gasteiger partial charge in [-0.25, -0.2) is 0 Å². The molecule has 3 unspecified atom stereocenters. The van der Waals surface area contributed by atoms with Crippen LogP contribution in [0.4, 0.5) is 0 Å².